The second-order valence-corrected chi connectivity index (χ2v) is 4.46. The smallest absolute Gasteiger partial charge is 0.227 e. The van der Waals surface area contributed by atoms with Crippen molar-refractivity contribution in [2.45, 2.75) is 13.0 Å². The molecule has 3 heterocycles. The summed E-state index contributed by atoms with van der Waals surface area (Å²) in [6.45, 7) is 1.55. The van der Waals surface area contributed by atoms with Crippen LogP contribution in [0.3, 0.4) is 0 Å². The van der Waals surface area contributed by atoms with Gasteiger partial charge in [0.2, 0.25) is 5.89 Å². The van der Waals surface area contributed by atoms with Crippen LogP contribution in [0.15, 0.2) is 28.6 Å². The van der Waals surface area contributed by atoms with Gasteiger partial charge in [0.15, 0.2) is 11.3 Å². The zero-order valence-corrected chi connectivity index (χ0v) is 9.85. The molecule has 1 N–H and O–H groups in total. The van der Waals surface area contributed by atoms with Crippen molar-refractivity contribution in [3.8, 4) is 0 Å². The van der Waals surface area contributed by atoms with Gasteiger partial charge in [0.25, 0.3) is 0 Å². The first kappa shape index (κ1) is 10.4. The Morgan fingerprint density at radius 3 is 3.29 bits per heavy atom. The lowest BCUT2D eigenvalue weighted by atomic mass is 10.4. The van der Waals surface area contributed by atoms with E-state index in [-0.39, 0.29) is 0 Å². The highest BCUT2D eigenvalue weighted by Crippen LogP contribution is 2.10. The van der Waals surface area contributed by atoms with Gasteiger partial charge in [-0.15, -0.1) is 11.3 Å². The molecule has 3 aromatic heterocycles. The van der Waals surface area contributed by atoms with Gasteiger partial charge in [-0.1, -0.05) is 5.16 Å². The molecule has 0 bridgehead atoms. The van der Waals surface area contributed by atoms with Gasteiger partial charge < -0.3 is 9.84 Å². The van der Waals surface area contributed by atoms with Gasteiger partial charge in [-0.25, -0.2) is 4.98 Å². The lowest BCUT2D eigenvalue weighted by Crippen LogP contribution is -2.16. The molecule has 6 nitrogen and oxygen atoms in total. The Balaban J connectivity index is 1.49. The molecule has 0 saturated heterocycles. The van der Waals surface area contributed by atoms with Crippen LogP contribution >= 0.6 is 11.3 Å². The predicted octanol–water partition coefficient (Wildman–Crippen LogP) is 1.11. The average Bonchev–Trinajstić information content (AvgIpc) is 3.00. The molecular formula is C10H11N5OS. The summed E-state index contributed by atoms with van der Waals surface area (Å²) in [7, 11) is 0. The van der Waals surface area contributed by atoms with E-state index < -0.39 is 0 Å². The Labute approximate surface area is 101 Å². The second-order valence-electron chi connectivity index (χ2n) is 3.59. The summed E-state index contributed by atoms with van der Waals surface area (Å²) in [4.78, 5) is 9.45. The first-order valence-electron chi connectivity index (χ1n) is 5.29. The first-order chi connectivity index (χ1) is 8.42. The van der Waals surface area contributed by atoms with E-state index in [0.29, 0.717) is 5.89 Å². The number of hydrogen-bond acceptors (Lipinski definition) is 6. The Morgan fingerprint density at radius 1 is 1.47 bits per heavy atom. The van der Waals surface area contributed by atoms with Crippen LogP contribution in [0.25, 0.3) is 4.96 Å². The third-order valence-electron chi connectivity index (χ3n) is 2.37. The van der Waals surface area contributed by atoms with Crippen molar-refractivity contribution < 1.29 is 4.52 Å². The molecule has 3 aromatic rings. The molecule has 0 amide bonds. The number of aromatic nitrogens is 4. The second kappa shape index (κ2) is 4.64. The largest absolute Gasteiger partial charge is 0.340 e. The Kier molecular flexibility index (Phi) is 2.85. The topological polar surface area (TPSA) is 68.2 Å². The van der Waals surface area contributed by atoms with E-state index in [4.69, 9.17) is 4.52 Å². The molecule has 3 rings (SSSR count). The van der Waals surface area contributed by atoms with Crippen LogP contribution in [0.1, 0.15) is 11.6 Å². The maximum atomic E-state index is 4.90. The number of hydrogen-bond donors (Lipinski definition) is 1. The summed E-state index contributed by atoms with van der Waals surface area (Å²) in [5, 5.41) is 8.87. The van der Waals surface area contributed by atoms with Crippen LogP contribution in [0.2, 0.25) is 0 Å². The quantitative estimate of drug-likeness (QED) is 0.686. The molecule has 0 aliphatic heterocycles. The zero-order chi connectivity index (χ0) is 11.5. The number of fused-ring (bicyclic) bond motifs is 1. The summed E-state index contributed by atoms with van der Waals surface area (Å²) < 4.78 is 6.93. The predicted molar refractivity (Wildman–Crippen MR) is 62.8 cm³/mol. The van der Waals surface area contributed by atoms with Crippen LogP contribution in [0.5, 0.6) is 0 Å². The van der Waals surface area contributed by atoms with Gasteiger partial charge in [-0.2, -0.15) is 4.98 Å². The van der Waals surface area contributed by atoms with E-state index in [2.05, 4.69) is 20.4 Å². The molecule has 88 valence electrons. The Morgan fingerprint density at radius 2 is 2.47 bits per heavy atom. The van der Waals surface area contributed by atoms with E-state index in [1.807, 2.05) is 22.2 Å². The van der Waals surface area contributed by atoms with Gasteiger partial charge in [0.1, 0.15) is 0 Å². The minimum atomic E-state index is 0.656. The molecule has 7 heteroatoms. The minimum absolute atomic E-state index is 0.656. The van der Waals surface area contributed by atoms with Crippen LogP contribution in [-0.4, -0.2) is 26.1 Å². The van der Waals surface area contributed by atoms with E-state index in [1.54, 1.807) is 11.3 Å². The van der Waals surface area contributed by atoms with E-state index >= 15 is 0 Å². The lowest BCUT2D eigenvalue weighted by Gasteiger charge is -1.98. The number of imidazole rings is 1. The molecule has 0 aliphatic rings. The third-order valence-corrected chi connectivity index (χ3v) is 3.14. The van der Waals surface area contributed by atoms with E-state index in [1.165, 1.54) is 6.33 Å². The molecule has 0 radical (unpaired) electrons. The molecule has 0 aromatic carbocycles. The van der Waals surface area contributed by atoms with Gasteiger partial charge in [0.05, 0.1) is 5.69 Å². The number of nitrogens with zero attached hydrogens (tertiary/aromatic N) is 4. The molecule has 17 heavy (non-hydrogen) atoms. The summed E-state index contributed by atoms with van der Waals surface area (Å²) >= 11 is 1.64. The average molecular weight is 249 g/mol. The molecule has 0 atom stereocenters. The Hall–Kier alpha value is -1.73. The maximum Gasteiger partial charge on any atom is 0.227 e. The van der Waals surface area contributed by atoms with Gasteiger partial charge in [-0.3, -0.25) is 4.40 Å². The van der Waals surface area contributed by atoms with Crippen LogP contribution in [-0.2, 0) is 13.0 Å². The van der Waals surface area contributed by atoms with Crippen molar-refractivity contribution in [2.24, 2.45) is 0 Å². The molecule has 0 aliphatic carbocycles. The number of nitrogens with one attached hydrogen (secondary N) is 1. The molecule has 0 spiro atoms. The van der Waals surface area contributed by atoms with Gasteiger partial charge in [-0.05, 0) is 0 Å². The van der Waals surface area contributed by atoms with Gasteiger partial charge >= 0.3 is 0 Å². The van der Waals surface area contributed by atoms with Crippen LogP contribution < -0.4 is 5.32 Å². The minimum Gasteiger partial charge on any atom is -0.340 e. The van der Waals surface area contributed by atoms with Crippen molar-refractivity contribution in [3.63, 3.8) is 0 Å². The van der Waals surface area contributed by atoms with Crippen molar-refractivity contribution in [3.05, 3.63) is 35.7 Å². The fourth-order valence-corrected chi connectivity index (χ4v) is 2.30. The fourth-order valence-electron chi connectivity index (χ4n) is 1.58. The normalized spacial score (nSPS) is 11.3. The van der Waals surface area contributed by atoms with Crippen molar-refractivity contribution >= 4 is 16.3 Å². The molecule has 0 unspecified atom stereocenters. The SMILES string of the molecule is c1noc(CCNCc2cn3ccsc3n2)n1. The molecule has 0 fully saturated rings. The highest BCUT2D eigenvalue weighted by molar-refractivity contribution is 7.15. The maximum absolute atomic E-state index is 4.90. The Bertz CT molecular complexity index is 556. The summed E-state index contributed by atoms with van der Waals surface area (Å²) in [5.41, 5.74) is 1.04. The number of rotatable bonds is 5. The highest BCUT2D eigenvalue weighted by atomic mass is 32.1. The summed E-state index contributed by atoms with van der Waals surface area (Å²) in [6, 6.07) is 0. The third kappa shape index (κ3) is 2.34. The fraction of sp³-hybridized carbons (Fsp3) is 0.300. The molecule has 0 saturated carbocycles. The lowest BCUT2D eigenvalue weighted by molar-refractivity contribution is 0.375. The summed E-state index contributed by atoms with van der Waals surface area (Å²) in [6.07, 6.45) is 6.20. The van der Waals surface area contributed by atoms with Crippen molar-refractivity contribution in [2.75, 3.05) is 6.54 Å². The van der Waals surface area contributed by atoms with Gasteiger partial charge in [0, 0.05) is 37.3 Å². The monoisotopic (exact) mass is 249 g/mol. The zero-order valence-electron chi connectivity index (χ0n) is 9.04. The first-order valence-corrected chi connectivity index (χ1v) is 6.17. The van der Waals surface area contributed by atoms with E-state index in [0.717, 1.165) is 30.2 Å². The van der Waals surface area contributed by atoms with E-state index in [9.17, 15) is 0 Å². The highest BCUT2D eigenvalue weighted by Gasteiger charge is 2.02. The van der Waals surface area contributed by atoms with Crippen LogP contribution in [0, 0.1) is 0 Å². The van der Waals surface area contributed by atoms with Crippen molar-refractivity contribution in [1.29, 1.82) is 0 Å². The number of thiazole rings is 1. The van der Waals surface area contributed by atoms with Crippen molar-refractivity contribution in [1.82, 2.24) is 24.8 Å². The molecular weight excluding hydrogens is 238 g/mol. The van der Waals surface area contributed by atoms with Crippen LogP contribution in [0.4, 0.5) is 0 Å². The standard InChI is InChI=1S/C10H11N5OS/c1(9-12-7-13-16-9)2-11-5-8-6-15-3-4-17-10(15)14-8/h3-4,6-7,11H,1-2,5H2. The summed E-state index contributed by atoms with van der Waals surface area (Å²) in [5.74, 6) is 0.656.